The maximum atomic E-state index is 14.5. The number of unbranched alkanes of at least 4 members (excludes halogenated alkanes) is 1. The van der Waals surface area contributed by atoms with Crippen LogP contribution in [0.3, 0.4) is 0 Å². The number of fused-ring (bicyclic) bond motifs is 1. The molecule has 2 aliphatic rings. The Morgan fingerprint density at radius 3 is 2.63 bits per heavy atom. The minimum atomic E-state index is -1.89. The van der Waals surface area contributed by atoms with E-state index in [1.54, 1.807) is 45.2 Å². The second kappa shape index (κ2) is 12.5. The minimum Gasteiger partial charge on any atom is -0.494 e. The van der Waals surface area contributed by atoms with Gasteiger partial charge in [-0.3, -0.25) is 14.5 Å². The van der Waals surface area contributed by atoms with Crippen LogP contribution in [-0.2, 0) is 14.3 Å². The fourth-order valence-corrected chi connectivity index (χ4v) is 4.88. The molecule has 4 rings (SSSR count). The van der Waals surface area contributed by atoms with Crippen LogP contribution < -0.4 is 14.8 Å². The normalized spacial score (nSPS) is 19.5. The van der Waals surface area contributed by atoms with Crippen molar-refractivity contribution < 1.29 is 33.7 Å². The number of aliphatic hydroxyl groups excluding tert-OH is 1. The molecule has 224 valence electrons. The first-order valence-electron chi connectivity index (χ1n) is 14.5. The van der Waals surface area contributed by atoms with Gasteiger partial charge < -0.3 is 29.5 Å². The molecule has 2 N–H and O–H groups in total. The number of hydrogen-bond donors (Lipinski definition) is 2. The predicted molar refractivity (Wildman–Crippen MR) is 152 cm³/mol. The molecule has 1 aromatic carbocycles. The van der Waals surface area contributed by atoms with Crippen molar-refractivity contribution in [3.05, 3.63) is 30.5 Å². The van der Waals surface area contributed by atoms with Gasteiger partial charge in [-0.05, 0) is 83.0 Å². The van der Waals surface area contributed by atoms with E-state index in [0.29, 0.717) is 30.6 Å². The molecule has 0 unspecified atom stereocenters. The fourth-order valence-electron chi connectivity index (χ4n) is 4.88. The third kappa shape index (κ3) is 7.01. The average Bonchev–Trinajstić information content (AvgIpc) is 3.63. The number of aromatic nitrogens is 1. The van der Waals surface area contributed by atoms with Crippen LogP contribution in [-0.4, -0.2) is 81.1 Å². The van der Waals surface area contributed by atoms with Crippen LogP contribution in [0.2, 0.25) is 0 Å². The summed E-state index contributed by atoms with van der Waals surface area (Å²) < 4.78 is 17.8. The molecule has 1 saturated carbocycles. The molecule has 41 heavy (non-hydrogen) atoms. The number of ether oxygens (including phenoxy) is 3. The molecule has 3 amide bonds. The Balaban J connectivity index is 1.77. The molecule has 1 aromatic heterocycles. The zero-order valence-electron chi connectivity index (χ0n) is 24.6. The summed E-state index contributed by atoms with van der Waals surface area (Å²) in [4.78, 5) is 47.8. The third-order valence-corrected chi connectivity index (χ3v) is 7.02. The number of nitrogens with zero attached hydrogens (tertiary/aromatic N) is 3. The zero-order valence-corrected chi connectivity index (χ0v) is 24.6. The Bertz CT molecular complexity index is 1260. The van der Waals surface area contributed by atoms with Gasteiger partial charge in [0.1, 0.15) is 11.4 Å². The van der Waals surface area contributed by atoms with Crippen molar-refractivity contribution in [2.45, 2.75) is 96.7 Å². The van der Waals surface area contributed by atoms with Gasteiger partial charge in [-0.2, -0.15) is 0 Å². The SMILES string of the molecule is CCCCN(C(=O)[C@@]1(Oc2nccc3cc(OCC)ccc23)CCCN1C(=O)OC(C)(C)C)[C@@H](O)C(=O)NC1CC1. The van der Waals surface area contributed by atoms with E-state index in [1.807, 2.05) is 19.9 Å². The summed E-state index contributed by atoms with van der Waals surface area (Å²) in [6, 6.07) is 7.23. The number of nitrogens with one attached hydrogen (secondary N) is 1. The smallest absolute Gasteiger partial charge is 0.413 e. The number of carbonyl (C=O) groups is 3. The summed E-state index contributed by atoms with van der Waals surface area (Å²) in [6.07, 6.45) is 2.57. The van der Waals surface area contributed by atoms with E-state index in [1.165, 1.54) is 4.90 Å². The van der Waals surface area contributed by atoms with Crippen molar-refractivity contribution in [1.82, 2.24) is 20.1 Å². The van der Waals surface area contributed by atoms with E-state index in [9.17, 15) is 19.5 Å². The standard InChI is InChI=1S/C30H42N4O7/c1-6-8-17-33(26(36)24(35)32-21-10-11-21)27(37)30(15-9-18-34(30)28(38)41-29(3,4)5)40-25-23-13-12-22(39-7-2)19-20(23)14-16-31-25/h12-14,16,19,21,26,36H,6-11,15,17-18H2,1-5H3,(H,32,35)/t26-,30-/m0/s1. The highest BCUT2D eigenvalue weighted by Gasteiger charge is 2.57. The Hall–Kier alpha value is -3.60. The largest absolute Gasteiger partial charge is 0.494 e. The Morgan fingerprint density at radius 1 is 1.22 bits per heavy atom. The van der Waals surface area contributed by atoms with Crippen molar-refractivity contribution in [3.63, 3.8) is 0 Å². The van der Waals surface area contributed by atoms with E-state index in [2.05, 4.69) is 10.3 Å². The van der Waals surface area contributed by atoms with Crippen LogP contribution >= 0.6 is 0 Å². The van der Waals surface area contributed by atoms with E-state index < -0.39 is 35.5 Å². The van der Waals surface area contributed by atoms with Gasteiger partial charge in [0, 0.05) is 37.1 Å². The number of carbonyl (C=O) groups excluding carboxylic acids is 3. The third-order valence-electron chi connectivity index (χ3n) is 7.02. The zero-order chi connectivity index (χ0) is 29.8. The van der Waals surface area contributed by atoms with Gasteiger partial charge in [0.25, 0.3) is 17.5 Å². The van der Waals surface area contributed by atoms with Crippen molar-refractivity contribution in [2.24, 2.45) is 0 Å². The number of rotatable bonds is 11. The molecule has 0 bridgehead atoms. The number of likely N-dealkylation sites (tertiary alicyclic amines) is 1. The van der Waals surface area contributed by atoms with E-state index in [0.717, 1.165) is 29.5 Å². The van der Waals surface area contributed by atoms with Crippen LogP contribution in [0.25, 0.3) is 10.8 Å². The van der Waals surface area contributed by atoms with Gasteiger partial charge in [-0.15, -0.1) is 0 Å². The van der Waals surface area contributed by atoms with Gasteiger partial charge in [0.15, 0.2) is 0 Å². The van der Waals surface area contributed by atoms with Gasteiger partial charge in [-0.1, -0.05) is 13.3 Å². The van der Waals surface area contributed by atoms with Gasteiger partial charge >= 0.3 is 6.09 Å². The lowest BCUT2D eigenvalue weighted by Gasteiger charge is -2.41. The van der Waals surface area contributed by atoms with E-state index >= 15 is 0 Å². The number of aliphatic hydroxyl groups is 1. The lowest BCUT2D eigenvalue weighted by Crippen LogP contribution is -2.65. The maximum absolute atomic E-state index is 14.5. The first-order chi connectivity index (χ1) is 19.5. The Morgan fingerprint density at radius 2 is 1.98 bits per heavy atom. The highest BCUT2D eigenvalue weighted by molar-refractivity contribution is 5.94. The van der Waals surface area contributed by atoms with Gasteiger partial charge in [0.05, 0.1) is 6.61 Å². The summed E-state index contributed by atoms with van der Waals surface area (Å²) >= 11 is 0. The number of benzene rings is 1. The molecule has 2 heterocycles. The summed E-state index contributed by atoms with van der Waals surface area (Å²) in [5.41, 5.74) is -2.72. The summed E-state index contributed by atoms with van der Waals surface area (Å²) in [5.74, 6) is -0.533. The van der Waals surface area contributed by atoms with Gasteiger partial charge in [-0.25, -0.2) is 9.78 Å². The summed E-state index contributed by atoms with van der Waals surface area (Å²) in [5, 5.41) is 15.3. The molecule has 1 aliphatic heterocycles. The highest BCUT2D eigenvalue weighted by atomic mass is 16.6. The fraction of sp³-hybridized carbons (Fsp3) is 0.600. The molecule has 2 fully saturated rings. The maximum Gasteiger partial charge on any atom is 0.413 e. The number of hydrogen-bond acceptors (Lipinski definition) is 8. The Kier molecular flexibility index (Phi) is 9.26. The highest BCUT2D eigenvalue weighted by Crippen LogP contribution is 2.38. The minimum absolute atomic E-state index is 0.00306. The monoisotopic (exact) mass is 570 g/mol. The first-order valence-corrected chi connectivity index (χ1v) is 14.5. The van der Waals surface area contributed by atoms with Crippen LogP contribution in [0.15, 0.2) is 30.5 Å². The molecule has 0 radical (unpaired) electrons. The lowest BCUT2D eigenvalue weighted by atomic mass is 10.1. The van der Waals surface area contributed by atoms with Crippen LogP contribution in [0.4, 0.5) is 4.79 Å². The van der Waals surface area contributed by atoms with Gasteiger partial charge in [0.2, 0.25) is 12.1 Å². The molecular formula is C30H42N4O7. The van der Waals surface area contributed by atoms with Crippen molar-refractivity contribution >= 4 is 28.7 Å². The van der Waals surface area contributed by atoms with Crippen molar-refractivity contribution in [1.29, 1.82) is 0 Å². The quantitative estimate of drug-likeness (QED) is 0.388. The lowest BCUT2D eigenvalue weighted by molar-refractivity contribution is -0.175. The van der Waals surface area contributed by atoms with E-state index in [4.69, 9.17) is 14.2 Å². The van der Waals surface area contributed by atoms with Crippen LogP contribution in [0.5, 0.6) is 11.6 Å². The number of amides is 3. The molecule has 2 atom stereocenters. The molecule has 11 nitrogen and oxygen atoms in total. The predicted octanol–water partition coefficient (Wildman–Crippen LogP) is 3.97. The second-order valence-electron chi connectivity index (χ2n) is 11.6. The van der Waals surface area contributed by atoms with E-state index in [-0.39, 0.29) is 31.4 Å². The second-order valence-corrected chi connectivity index (χ2v) is 11.6. The molecule has 1 aliphatic carbocycles. The summed E-state index contributed by atoms with van der Waals surface area (Å²) in [7, 11) is 0. The molecular weight excluding hydrogens is 528 g/mol. The van der Waals surface area contributed by atoms with Crippen LogP contribution in [0.1, 0.15) is 73.1 Å². The average molecular weight is 571 g/mol. The summed E-state index contributed by atoms with van der Waals surface area (Å²) in [6.45, 7) is 9.87. The van der Waals surface area contributed by atoms with Crippen molar-refractivity contribution in [3.8, 4) is 11.6 Å². The molecule has 1 saturated heterocycles. The molecule has 0 spiro atoms. The van der Waals surface area contributed by atoms with Crippen LogP contribution in [0, 0.1) is 0 Å². The first kappa shape index (κ1) is 30.4. The topological polar surface area (TPSA) is 131 Å². The number of pyridine rings is 1. The molecule has 11 heteroatoms. The molecule has 2 aromatic rings. The van der Waals surface area contributed by atoms with Crippen molar-refractivity contribution in [2.75, 3.05) is 19.7 Å². The Labute approximate surface area is 241 Å².